The number of rotatable bonds is 7. The van der Waals surface area contributed by atoms with Crippen molar-refractivity contribution in [2.75, 3.05) is 13.7 Å². The van der Waals surface area contributed by atoms with E-state index >= 15 is 0 Å². The van der Waals surface area contributed by atoms with Crippen molar-refractivity contribution < 1.29 is 24.2 Å². The maximum absolute atomic E-state index is 13.7. The maximum atomic E-state index is 13.7. The molecule has 0 radical (unpaired) electrons. The zero-order valence-electron chi connectivity index (χ0n) is 18.8. The molecule has 4 heterocycles. The van der Waals surface area contributed by atoms with Gasteiger partial charge < -0.3 is 25.4 Å². The first-order valence-electron chi connectivity index (χ1n) is 11.4. The molecule has 3 fully saturated rings. The average molecular weight is 535 g/mol. The Morgan fingerprint density at radius 2 is 2.12 bits per heavy atom. The highest BCUT2D eigenvalue weighted by Gasteiger charge is 2.76. The summed E-state index contributed by atoms with van der Waals surface area (Å²) in [5.74, 6) is -2.55. The molecule has 0 aliphatic carbocycles. The third-order valence-electron chi connectivity index (χ3n) is 7.42. The number of halogens is 1. The largest absolute Gasteiger partial charge is 0.394 e. The molecule has 2 bridgehead atoms. The number of carbonyl (C=O) groups is 3. The van der Waals surface area contributed by atoms with Crippen LogP contribution < -0.4 is 10.6 Å². The summed E-state index contributed by atoms with van der Waals surface area (Å²) in [5.41, 5.74) is 0.301. The molecular weight excluding hydrogens is 508 g/mol. The van der Waals surface area contributed by atoms with Gasteiger partial charge in [-0.2, -0.15) is 0 Å². The number of alkyl halides is 1. The Balaban J connectivity index is 1.49. The lowest BCUT2D eigenvalue weighted by atomic mass is 9.70. The number of aliphatic hydroxyl groups excluding tert-OH is 1. The summed E-state index contributed by atoms with van der Waals surface area (Å²) in [6, 6.07) is 5.83. The zero-order valence-corrected chi connectivity index (χ0v) is 20.4. The molecule has 182 valence electrons. The van der Waals surface area contributed by atoms with Crippen LogP contribution in [0.2, 0.25) is 0 Å². The number of ether oxygens (including phenoxy) is 1. The summed E-state index contributed by atoms with van der Waals surface area (Å²) in [6.45, 7) is 1.60. The predicted octanol–water partition coefficient (Wildman–Crippen LogP) is -0.230. The molecule has 1 spiro atoms. The highest BCUT2D eigenvalue weighted by molar-refractivity contribution is 9.09. The van der Waals surface area contributed by atoms with Crippen molar-refractivity contribution >= 4 is 44.7 Å². The van der Waals surface area contributed by atoms with Gasteiger partial charge in [0.15, 0.2) is 0 Å². The van der Waals surface area contributed by atoms with E-state index in [1.54, 1.807) is 4.68 Å². The van der Waals surface area contributed by atoms with Crippen molar-refractivity contribution in [3.05, 3.63) is 24.3 Å². The van der Waals surface area contributed by atoms with Gasteiger partial charge in [0.2, 0.25) is 17.7 Å². The molecule has 11 nitrogen and oxygen atoms in total. The number of nitrogens with one attached hydrogen (secondary N) is 2. The van der Waals surface area contributed by atoms with Crippen LogP contribution in [0.4, 0.5) is 0 Å². The lowest BCUT2D eigenvalue weighted by Crippen LogP contribution is -2.58. The molecule has 1 aromatic carbocycles. The van der Waals surface area contributed by atoms with Gasteiger partial charge >= 0.3 is 0 Å². The molecule has 3 unspecified atom stereocenters. The second-order valence-electron chi connectivity index (χ2n) is 9.04. The van der Waals surface area contributed by atoms with E-state index in [0.717, 1.165) is 5.52 Å². The van der Waals surface area contributed by atoms with Gasteiger partial charge in [0.25, 0.3) is 0 Å². The number of fused-ring (bicyclic) bond motifs is 2. The van der Waals surface area contributed by atoms with E-state index in [1.165, 1.54) is 11.9 Å². The van der Waals surface area contributed by atoms with Gasteiger partial charge in [-0.1, -0.05) is 40.2 Å². The number of hydrogen-bond donors (Lipinski definition) is 3. The SMILES string of the molecule is CC[C@@H](CO)N1C(=O)[C@@H]2[C@H](C(=O)NC)[C@H]3OC2(CC3Br)C1C(=O)NCn1nnc2ccccc21. The number of para-hydroxylation sites is 1. The van der Waals surface area contributed by atoms with E-state index in [-0.39, 0.29) is 29.9 Å². The van der Waals surface area contributed by atoms with Crippen LogP contribution in [0.3, 0.4) is 0 Å². The van der Waals surface area contributed by atoms with Crippen molar-refractivity contribution in [3.63, 3.8) is 0 Å². The number of benzene rings is 1. The molecule has 1 aromatic heterocycles. The number of aromatic nitrogens is 3. The van der Waals surface area contributed by atoms with Crippen LogP contribution in [0.25, 0.3) is 11.0 Å². The summed E-state index contributed by atoms with van der Waals surface area (Å²) in [6.07, 6.45) is 0.346. The summed E-state index contributed by atoms with van der Waals surface area (Å²) < 4.78 is 7.93. The molecule has 2 aromatic rings. The first-order valence-corrected chi connectivity index (χ1v) is 12.3. The Morgan fingerprint density at radius 3 is 2.82 bits per heavy atom. The van der Waals surface area contributed by atoms with Gasteiger partial charge in [0, 0.05) is 11.9 Å². The van der Waals surface area contributed by atoms with Crippen LogP contribution >= 0.6 is 15.9 Å². The van der Waals surface area contributed by atoms with Crippen molar-refractivity contribution in [2.24, 2.45) is 11.8 Å². The minimum atomic E-state index is -1.16. The Hall–Kier alpha value is -2.57. The third-order valence-corrected chi connectivity index (χ3v) is 8.27. The first-order chi connectivity index (χ1) is 16.4. The van der Waals surface area contributed by atoms with Gasteiger partial charge in [-0.15, -0.1) is 5.10 Å². The first kappa shape index (κ1) is 23.2. The second kappa shape index (κ2) is 8.58. The van der Waals surface area contributed by atoms with Gasteiger partial charge in [-0.3, -0.25) is 14.4 Å². The van der Waals surface area contributed by atoms with E-state index in [9.17, 15) is 19.5 Å². The summed E-state index contributed by atoms with van der Waals surface area (Å²) in [4.78, 5) is 41.5. The van der Waals surface area contributed by atoms with E-state index < -0.39 is 41.5 Å². The highest BCUT2D eigenvalue weighted by atomic mass is 79.9. The molecule has 3 N–H and O–H groups in total. The number of aliphatic hydroxyl groups is 1. The molecule has 7 atom stereocenters. The molecule has 12 heteroatoms. The standard InChI is InChI=1S/C22H27BrN6O5/c1-3-11(9-30)29-18(20(32)25-10-28-14-7-5-4-6-13(14)26-27-28)22-8-12(23)17(34-22)15(19(31)24-2)16(22)21(29)33/h4-7,11-12,15-18,30H,3,8-10H2,1-2H3,(H,24,31)(H,25,32)/t11-,12?,15-,16-,17-,18?,22?/m0/s1. The molecule has 3 aliphatic rings. The predicted molar refractivity (Wildman–Crippen MR) is 123 cm³/mol. The van der Waals surface area contributed by atoms with E-state index in [1.807, 2.05) is 31.2 Å². The molecule has 3 saturated heterocycles. The minimum absolute atomic E-state index is 0.0502. The molecule has 34 heavy (non-hydrogen) atoms. The van der Waals surface area contributed by atoms with Crippen LogP contribution in [0.15, 0.2) is 24.3 Å². The zero-order chi connectivity index (χ0) is 24.2. The van der Waals surface area contributed by atoms with Gasteiger partial charge in [0.05, 0.1) is 36.1 Å². The van der Waals surface area contributed by atoms with Crippen molar-refractivity contribution in [1.82, 2.24) is 30.5 Å². The highest BCUT2D eigenvalue weighted by Crippen LogP contribution is 2.60. The summed E-state index contributed by atoms with van der Waals surface area (Å²) in [7, 11) is 1.52. The molecule has 3 amide bonds. The van der Waals surface area contributed by atoms with Crippen molar-refractivity contribution in [1.29, 1.82) is 0 Å². The van der Waals surface area contributed by atoms with Gasteiger partial charge in [0.1, 0.15) is 23.8 Å². The Labute approximate surface area is 204 Å². The normalized spacial score (nSPS) is 32.8. The molecule has 0 saturated carbocycles. The smallest absolute Gasteiger partial charge is 0.247 e. The van der Waals surface area contributed by atoms with E-state index in [0.29, 0.717) is 18.4 Å². The third kappa shape index (κ3) is 3.18. The summed E-state index contributed by atoms with van der Waals surface area (Å²) >= 11 is 3.61. The fraction of sp³-hybridized carbons (Fsp3) is 0.591. The quantitative estimate of drug-likeness (QED) is 0.417. The Morgan fingerprint density at radius 1 is 1.35 bits per heavy atom. The van der Waals surface area contributed by atoms with Crippen molar-refractivity contribution in [2.45, 2.75) is 55.0 Å². The van der Waals surface area contributed by atoms with Crippen molar-refractivity contribution in [3.8, 4) is 0 Å². The monoisotopic (exact) mass is 534 g/mol. The Bertz CT molecular complexity index is 1140. The van der Waals surface area contributed by atoms with Crippen LogP contribution in [0, 0.1) is 11.8 Å². The van der Waals surface area contributed by atoms with Crippen LogP contribution in [0.1, 0.15) is 19.8 Å². The van der Waals surface area contributed by atoms with Crippen LogP contribution in [-0.4, -0.2) is 85.0 Å². The van der Waals surface area contributed by atoms with Gasteiger partial charge in [-0.05, 0) is 25.0 Å². The van der Waals surface area contributed by atoms with E-state index in [2.05, 4.69) is 36.9 Å². The van der Waals surface area contributed by atoms with Gasteiger partial charge in [-0.25, -0.2) is 4.68 Å². The maximum Gasteiger partial charge on any atom is 0.247 e. The number of hydrogen-bond acceptors (Lipinski definition) is 7. The number of carbonyl (C=O) groups excluding carboxylic acids is 3. The minimum Gasteiger partial charge on any atom is -0.394 e. The fourth-order valence-corrected chi connectivity index (χ4v) is 6.87. The Kier molecular flexibility index (Phi) is 5.85. The fourth-order valence-electron chi connectivity index (χ4n) is 5.92. The average Bonchev–Trinajstić information content (AvgIpc) is 3.55. The number of likely N-dealkylation sites (tertiary alicyclic amines) is 1. The van der Waals surface area contributed by atoms with E-state index in [4.69, 9.17) is 4.74 Å². The number of amides is 3. The topological polar surface area (TPSA) is 139 Å². The molecular formula is C22H27BrN6O5. The number of nitrogens with zero attached hydrogens (tertiary/aromatic N) is 4. The van der Waals surface area contributed by atoms with Crippen LogP contribution in [0.5, 0.6) is 0 Å². The molecule has 5 rings (SSSR count). The lowest BCUT2D eigenvalue weighted by molar-refractivity contribution is -0.145. The summed E-state index contributed by atoms with van der Waals surface area (Å²) in [5, 5.41) is 23.8. The lowest BCUT2D eigenvalue weighted by Gasteiger charge is -2.36. The molecule has 3 aliphatic heterocycles. The van der Waals surface area contributed by atoms with Crippen LogP contribution in [-0.2, 0) is 25.8 Å². The second-order valence-corrected chi connectivity index (χ2v) is 10.2.